The first-order valence-corrected chi connectivity index (χ1v) is 17.8. The molecule has 2 N–H and O–H groups in total. The lowest BCUT2D eigenvalue weighted by Crippen LogP contribution is -2.35. The lowest BCUT2D eigenvalue weighted by molar-refractivity contribution is -0.150. The van der Waals surface area contributed by atoms with E-state index in [0.717, 1.165) is 28.3 Å². The number of hydrogen-bond acceptors (Lipinski definition) is 7. The van der Waals surface area contributed by atoms with Crippen LogP contribution in [-0.4, -0.2) is 40.8 Å². The van der Waals surface area contributed by atoms with Gasteiger partial charge < -0.3 is 19.8 Å². The van der Waals surface area contributed by atoms with Crippen LogP contribution in [0, 0.1) is 11.3 Å². The van der Waals surface area contributed by atoms with Crippen molar-refractivity contribution in [2.24, 2.45) is 5.73 Å². The number of nitrogens with zero attached hydrogens (tertiary/aromatic N) is 4. The third-order valence-electron chi connectivity index (χ3n) is 7.39. The zero-order valence-electron chi connectivity index (χ0n) is 25.1. The largest absolute Gasteiger partial charge is 0.456 e. The monoisotopic (exact) mass is 579 g/mol. The molecule has 42 heavy (non-hydrogen) atoms. The van der Waals surface area contributed by atoms with Gasteiger partial charge in [-0.25, -0.2) is 14.8 Å². The minimum Gasteiger partial charge on any atom is -0.456 e. The number of benzene rings is 2. The van der Waals surface area contributed by atoms with Crippen LogP contribution in [0.5, 0.6) is 0 Å². The van der Waals surface area contributed by atoms with E-state index in [-0.39, 0.29) is 11.3 Å². The van der Waals surface area contributed by atoms with E-state index < -0.39 is 25.1 Å². The Kier molecular flexibility index (Phi) is 7.56. The van der Waals surface area contributed by atoms with Gasteiger partial charge >= 0.3 is 5.97 Å². The third-order valence-corrected chi connectivity index (χ3v) is 9.09. The van der Waals surface area contributed by atoms with Crippen molar-refractivity contribution in [2.75, 3.05) is 6.61 Å². The smallest absolute Gasteiger partial charge is 0.339 e. The van der Waals surface area contributed by atoms with Crippen LogP contribution < -0.4 is 5.73 Å². The summed E-state index contributed by atoms with van der Waals surface area (Å²) in [4.78, 5) is 22.8. The van der Waals surface area contributed by atoms with Crippen LogP contribution in [0.2, 0.25) is 25.7 Å². The van der Waals surface area contributed by atoms with Crippen LogP contribution in [0.3, 0.4) is 0 Å². The van der Waals surface area contributed by atoms with Gasteiger partial charge in [0.05, 0.1) is 23.0 Å². The van der Waals surface area contributed by atoms with Crippen molar-refractivity contribution in [3.05, 3.63) is 89.4 Å². The van der Waals surface area contributed by atoms with Crippen LogP contribution in [0.1, 0.15) is 37.5 Å². The molecule has 1 unspecified atom stereocenters. The van der Waals surface area contributed by atoms with E-state index in [0.29, 0.717) is 30.0 Å². The number of esters is 1. The van der Waals surface area contributed by atoms with Gasteiger partial charge in [0.15, 0.2) is 0 Å². The molecule has 0 bridgehead atoms. The number of nitriles is 1. The molecule has 1 aliphatic carbocycles. The fourth-order valence-corrected chi connectivity index (χ4v) is 6.12. The Hall–Kier alpha value is -4.26. The van der Waals surface area contributed by atoms with E-state index >= 15 is 0 Å². The summed E-state index contributed by atoms with van der Waals surface area (Å²) in [7, 11) is -1.19. The minimum absolute atomic E-state index is 0.132. The molecule has 0 radical (unpaired) electrons. The summed E-state index contributed by atoms with van der Waals surface area (Å²) in [5.41, 5.74) is 8.94. The predicted molar refractivity (Wildman–Crippen MR) is 167 cm³/mol. The molecular weight excluding hydrogens is 542 g/mol. The summed E-state index contributed by atoms with van der Waals surface area (Å²) in [6.07, 6.45) is 3.49. The minimum atomic E-state index is -1.46. The van der Waals surface area contributed by atoms with Gasteiger partial charge in [-0.2, -0.15) is 5.26 Å². The number of rotatable bonds is 8. The molecule has 0 spiro atoms. The molecule has 9 heteroatoms. The predicted octanol–water partition coefficient (Wildman–Crippen LogP) is 6.25. The molecule has 2 aromatic carbocycles. The van der Waals surface area contributed by atoms with E-state index in [2.05, 4.69) is 35.7 Å². The highest BCUT2D eigenvalue weighted by Gasteiger charge is 2.51. The summed E-state index contributed by atoms with van der Waals surface area (Å²) >= 11 is 0. The number of nitrogens with two attached hydrogens (primary N) is 1. The molecule has 1 aliphatic rings. The molecule has 2 heterocycles. The van der Waals surface area contributed by atoms with Crippen molar-refractivity contribution in [1.29, 1.82) is 5.26 Å². The topological polar surface area (TPSA) is 116 Å². The Morgan fingerprint density at radius 1 is 1.10 bits per heavy atom. The van der Waals surface area contributed by atoms with Gasteiger partial charge in [-0.15, -0.1) is 0 Å². The molecule has 0 saturated carbocycles. The first kappa shape index (κ1) is 29.2. The number of aromatic nitrogens is 3. The van der Waals surface area contributed by atoms with E-state index in [4.69, 9.17) is 15.2 Å². The zero-order valence-corrected chi connectivity index (χ0v) is 26.1. The SMILES string of the molecule is CC(C)(C)OC(=O)C1=C(N)c2ccccc2C1(C#N)c1cccc(-c2ncnc3c2ccn3COCC[Si](C)(C)C)c1. The quantitative estimate of drug-likeness (QED) is 0.149. The highest BCUT2D eigenvalue weighted by atomic mass is 28.3. The lowest BCUT2D eigenvalue weighted by atomic mass is 9.72. The summed E-state index contributed by atoms with van der Waals surface area (Å²) in [5, 5.41) is 11.7. The Labute approximate surface area is 247 Å². The van der Waals surface area contributed by atoms with Crippen molar-refractivity contribution in [2.45, 2.75) is 64.2 Å². The molecule has 5 rings (SSSR count). The zero-order chi connectivity index (χ0) is 30.3. The van der Waals surface area contributed by atoms with Crippen molar-refractivity contribution in [3.63, 3.8) is 0 Å². The molecule has 1 atom stereocenters. The van der Waals surface area contributed by atoms with Gasteiger partial charge in [-0.3, -0.25) is 0 Å². The highest BCUT2D eigenvalue weighted by Crippen LogP contribution is 2.50. The Balaban J connectivity index is 1.58. The standard InChI is InChI=1S/C33H37N5O3Si/c1-32(2,3)41-31(39)27-28(35)24-12-7-8-13-26(24)33(27,19-34)23-11-9-10-22(18-23)29-25-14-15-38(30(25)37-20-36-29)21-40-16-17-42(4,5)6/h7-15,18,20H,16-17,21,35H2,1-6H3. The molecule has 216 valence electrons. The van der Waals surface area contributed by atoms with Crippen molar-refractivity contribution < 1.29 is 14.3 Å². The first-order valence-electron chi connectivity index (χ1n) is 14.1. The molecule has 0 saturated heterocycles. The maximum Gasteiger partial charge on any atom is 0.339 e. The van der Waals surface area contributed by atoms with Crippen LogP contribution in [-0.2, 0) is 26.4 Å². The molecule has 4 aromatic rings. The third kappa shape index (κ3) is 5.35. The number of carbonyl (C=O) groups excluding carboxylic acids is 1. The number of carbonyl (C=O) groups is 1. The average Bonchev–Trinajstić information content (AvgIpc) is 3.46. The summed E-state index contributed by atoms with van der Waals surface area (Å²) in [6.45, 7) is 13.5. The Bertz CT molecular complexity index is 1740. The first-order chi connectivity index (χ1) is 19.9. The van der Waals surface area contributed by atoms with Gasteiger partial charge in [-0.1, -0.05) is 62.1 Å². The average molecular weight is 580 g/mol. The Morgan fingerprint density at radius 3 is 2.57 bits per heavy atom. The molecule has 2 aromatic heterocycles. The highest BCUT2D eigenvalue weighted by molar-refractivity contribution is 6.76. The van der Waals surface area contributed by atoms with Crippen molar-refractivity contribution in [3.8, 4) is 17.3 Å². The maximum absolute atomic E-state index is 13.6. The van der Waals surface area contributed by atoms with Crippen LogP contribution in [0.15, 0.2) is 72.7 Å². The number of fused-ring (bicyclic) bond motifs is 2. The van der Waals surface area contributed by atoms with Gasteiger partial charge in [0.2, 0.25) is 0 Å². The number of hydrogen-bond donors (Lipinski definition) is 1. The van der Waals surface area contributed by atoms with Crippen molar-refractivity contribution in [1.82, 2.24) is 14.5 Å². The molecule has 0 amide bonds. The van der Waals surface area contributed by atoms with Crippen molar-refractivity contribution >= 4 is 30.8 Å². The van der Waals surface area contributed by atoms with Gasteiger partial charge in [-0.05, 0) is 50.1 Å². The maximum atomic E-state index is 13.6. The van der Waals surface area contributed by atoms with Crippen LogP contribution in [0.4, 0.5) is 0 Å². The number of ether oxygens (including phenoxy) is 2. The Morgan fingerprint density at radius 2 is 1.86 bits per heavy atom. The fraction of sp³-hybridized carbons (Fsp3) is 0.333. The second kappa shape index (κ2) is 10.9. The lowest BCUT2D eigenvalue weighted by Gasteiger charge is -2.29. The molecular formula is C33H37N5O3Si. The second-order valence-electron chi connectivity index (χ2n) is 12.9. The van der Waals surface area contributed by atoms with Gasteiger partial charge in [0, 0.05) is 37.4 Å². The van der Waals surface area contributed by atoms with Crippen LogP contribution in [0.25, 0.3) is 28.0 Å². The van der Waals surface area contributed by atoms with Gasteiger partial charge in [0.25, 0.3) is 0 Å². The summed E-state index contributed by atoms with van der Waals surface area (Å²) in [6, 6.07) is 20.5. The van der Waals surface area contributed by atoms with Crippen LogP contribution >= 0.6 is 0 Å². The van der Waals surface area contributed by atoms with Gasteiger partial charge in [0.1, 0.15) is 29.7 Å². The fourth-order valence-electron chi connectivity index (χ4n) is 5.37. The molecule has 0 fully saturated rings. The van der Waals surface area contributed by atoms with E-state index in [9.17, 15) is 10.1 Å². The van der Waals surface area contributed by atoms with E-state index in [1.54, 1.807) is 20.8 Å². The summed E-state index contributed by atoms with van der Waals surface area (Å²) < 4.78 is 13.7. The second-order valence-corrected chi connectivity index (χ2v) is 18.5. The normalized spacial score (nSPS) is 16.9. The molecule has 8 nitrogen and oxygen atoms in total. The molecule has 0 aliphatic heterocycles. The van der Waals surface area contributed by atoms with E-state index in [1.807, 2.05) is 65.4 Å². The van der Waals surface area contributed by atoms with E-state index in [1.165, 1.54) is 6.33 Å². The summed E-state index contributed by atoms with van der Waals surface area (Å²) in [5.74, 6) is -0.612.